The van der Waals surface area contributed by atoms with Gasteiger partial charge in [-0.3, -0.25) is 5.32 Å². The summed E-state index contributed by atoms with van der Waals surface area (Å²) >= 11 is 0. The van der Waals surface area contributed by atoms with E-state index >= 15 is 0 Å². The van der Waals surface area contributed by atoms with E-state index in [0.29, 0.717) is 11.4 Å². The quantitative estimate of drug-likeness (QED) is 0.616. The SMILES string of the molecule is CCCCOC(=O)Nc1c(C)nn2ccc(-c3ccccc3C(F)(F)F)nc12. The van der Waals surface area contributed by atoms with Gasteiger partial charge in [0, 0.05) is 11.8 Å². The van der Waals surface area contributed by atoms with Gasteiger partial charge in [0.05, 0.1) is 23.6 Å². The Morgan fingerprint density at radius 1 is 1.25 bits per heavy atom. The number of nitrogens with one attached hydrogen (secondary N) is 1. The van der Waals surface area contributed by atoms with Crippen LogP contribution in [-0.2, 0) is 10.9 Å². The van der Waals surface area contributed by atoms with Crippen LogP contribution >= 0.6 is 0 Å². The van der Waals surface area contributed by atoms with E-state index in [-0.39, 0.29) is 23.5 Å². The van der Waals surface area contributed by atoms with E-state index in [9.17, 15) is 18.0 Å². The van der Waals surface area contributed by atoms with Crippen LogP contribution < -0.4 is 5.32 Å². The van der Waals surface area contributed by atoms with Gasteiger partial charge in [-0.15, -0.1) is 0 Å². The van der Waals surface area contributed by atoms with Gasteiger partial charge >= 0.3 is 12.3 Å². The number of hydrogen-bond donors (Lipinski definition) is 1. The average Bonchev–Trinajstić information content (AvgIpc) is 2.96. The molecule has 3 rings (SSSR count). The molecule has 2 aromatic heterocycles. The number of aromatic nitrogens is 3. The summed E-state index contributed by atoms with van der Waals surface area (Å²) in [5.74, 6) is 0. The van der Waals surface area contributed by atoms with Crippen molar-refractivity contribution < 1.29 is 22.7 Å². The Labute approximate surface area is 159 Å². The standard InChI is InChI=1S/C19H19F3N4O2/c1-3-4-11-28-18(27)24-16-12(2)25-26-10-9-15(23-17(16)26)13-7-5-6-8-14(13)19(20,21)22/h5-10H,3-4,11H2,1-2H3,(H,24,27). The van der Waals surface area contributed by atoms with Gasteiger partial charge in [-0.25, -0.2) is 14.3 Å². The van der Waals surface area contributed by atoms with E-state index < -0.39 is 17.8 Å². The summed E-state index contributed by atoms with van der Waals surface area (Å²) in [6.45, 7) is 3.92. The fourth-order valence-corrected chi connectivity index (χ4v) is 2.74. The fourth-order valence-electron chi connectivity index (χ4n) is 2.74. The second kappa shape index (κ2) is 7.87. The summed E-state index contributed by atoms with van der Waals surface area (Å²) in [5, 5.41) is 6.82. The molecule has 9 heteroatoms. The van der Waals surface area contributed by atoms with Crippen LogP contribution in [0.4, 0.5) is 23.7 Å². The number of nitrogens with zero attached hydrogens (tertiary/aromatic N) is 3. The first kappa shape index (κ1) is 19.7. The number of benzene rings is 1. The van der Waals surface area contributed by atoms with Crippen molar-refractivity contribution in [1.82, 2.24) is 14.6 Å². The maximum Gasteiger partial charge on any atom is 0.417 e. The molecular formula is C19H19F3N4O2. The number of carbonyl (C=O) groups excluding carboxylic acids is 1. The highest BCUT2D eigenvalue weighted by molar-refractivity contribution is 5.91. The highest BCUT2D eigenvalue weighted by Gasteiger charge is 2.33. The van der Waals surface area contributed by atoms with Gasteiger partial charge in [-0.1, -0.05) is 31.5 Å². The molecule has 0 radical (unpaired) electrons. The first-order valence-corrected chi connectivity index (χ1v) is 8.77. The van der Waals surface area contributed by atoms with E-state index in [0.717, 1.165) is 18.9 Å². The van der Waals surface area contributed by atoms with E-state index in [4.69, 9.17) is 4.74 Å². The van der Waals surface area contributed by atoms with Crippen molar-refractivity contribution in [2.75, 3.05) is 11.9 Å². The minimum absolute atomic E-state index is 0.0483. The number of unbranched alkanes of at least 4 members (excludes halogenated alkanes) is 1. The Balaban J connectivity index is 1.99. The number of anilines is 1. The molecule has 0 aliphatic heterocycles. The summed E-state index contributed by atoms with van der Waals surface area (Å²) in [6, 6.07) is 6.66. The van der Waals surface area contributed by atoms with Crippen LogP contribution in [0.5, 0.6) is 0 Å². The highest BCUT2D eigenvalue weighted by Crippen LogP contribution is 2.36. The van der Waals surface area contributed by atoms with Crippen molar-refractivity contribution in [3.63, 3.8) is 0 Å². The Hall–Kier alpha value is -3.10. The number of alkyl halides is 3. The molecule has 1 amide bonds. The molecule has 0 saturated heterocycles. The maximum atomic E-state index is 13.3. The second-order valence-electron chi connectivity index (χ2n) is 6.20. The Bertz CT molecular complexity index is 998. The Morgan fingerprint density at radius 3 is 2.71 bits per heavy atom. The van der Waals surface area contributed by atoms with Crippen molar-refractivity contribution in [3.05, 3.63) is 47.8 Å². The lowest BCUT2D eigenvalue weighted by molar-refractivity contribution is -0.137. The molecule has 0 aliphatic carbocycles. The van der Waals surface area contributed by atoms with Crippen LogP contribution in [0.2, 0.25) is 0 Å². The molecular weight excluding hydrogens is 373 g/mol. The smallest absolute Gasteiger partial charge is 0.417 e. The first-order chi connectivity index (χ1) is 13.3. The van der Waals surface area contributed by atoms with Crippen LogP contribution in [0.3, 0.4) is 0 Å². The number of hydrogen-bond acceptors (Lipinski definition) is 4. The minimum Gasteiger partial charge on any atom is -0.449 e. The zero-order valence-corrected chi connectivity index (χ0v) is 15.4. The van der Waals surface area contributed by atoms with E-state index in [1.165, 1.54) is 35.0 Å². The van der Waals surface area contributed by atoms with Crippen molar-refractivity contribution in [1.29, 1.82) is 0 Å². The molecule has 0 fully saturated rings. The van der Waals surface area contributed by atoms with Gasteiger partial charge in [0.25, 0.3) is 0 Å². The van der Waals surface area contributed by atoms with E-state index in [2.05, 4.69) is 15.4 Å². The lowest BCUT2D eigenvalue weighted by atomic mass is 10.0. The van der Waals surface area contributed by atoms with Crippen molar-refractivity contribution in [2.45, 2.75) is 32.9 Å². The number of aryl methyl sites for hydroxylation is 1. The predicted octanol–water partition coefficient (Wildman–Crippen LogP) is 5.07. The molecule has 2 heterocycles. The topological polar surface area (TPSA) is 68.5 Å². The first-order valence-electron chi connectivity index (χ1n) is 8.77. The van der Waals surface area contributed by atoms with Crippen molar-refractivity contribution in [3.8, 4) is 11.3 Å². The molecule has 0 bridgehead atoms. The summed E-state index contributed by atoms with van der Waals surface area (Å²) < 4.78 is 46.5. The van der Waals surface area contributed by atoms with Gasteiger partial charge in [0.1, 0.15) is 5.69 Å². The largest absolute Gasteiger partial charge is 0.449 e. The van der Waals surface area contributed by atoms with Gasteiger partial charge < -0.3 is 4.74 Å². The number of fused-ring (bicyclic) bond motifs is 1. The van der Waals surface area contributed by atoms with E-state index in [1.54, 1.807) is 6.92 Å². The van der Waals surface area contributed by atoms with Crippen LogP contribution in [0.25, 0.3) is 16.9 Å². The van der Waals surface area contributed by atoms with E-state index in [1.807, 2.05) is 6.92 Å². The normalized spacial score (nSPS) is 11.6. The summed E-state index contributed by atoms with van der Waals surface area (Å²) in [5.41, 5.74) is 0.306. The summed E-state index contributed by atoms with van der Waals surface area (Å²) in [7, 11) is 0. The molecule has 3 aromatic rings. The summed E-state index contributed by atoms with van der Waals surface area (Å²) in [4.78, 5) is 16.3. The van der Waals surface area contributed by atoms with Crippen LogP contribution in [-0.4, -0.2) is 27.3 Å². The maximum absolute atomic E-state index is 13.3. The average molecular weight is 392 g/mol. The lowest BCUT2D eigenvalue weighted by Crippen LogP contribution is -2.15. The number of rotatable bonds is 5. The molecule has 0 spiro atoms. The van der Waals surface area contributed by atoms with Crippen LogP contribution in [0.15, 0.2) is 36.5 Å². The molecule has 1 aromatic carbocycles. The molecule has 1 N–H and O–H groups in total. The number of ether oxygens (including phenoxy) is 1. The summed E-state index contributed by atoms with van der Waals surface area (Å²) in [6.07, 6.45) is -2.05. The van der Waals surface area contributed by atoms with Gasteiger partial charge in [-0.2, -0.15) is 18.3 Å². The second-order valence-corrected chi connectivity index (χ2v) is 6.20. The molecule has 6 nitrogen and oxygen atoms in total. The van der Waals surface area contributed by atoms with Crippen molar-refractivity contribution >= 4 is 17.4 Å². The van der Waals surface area contributed by atoms with Crippen LogP contribution in [0, 0.1) is 6.92 Å². The Morgan fingerprint density at radius 2 is 2.00 bits per heavy atom. The molecule has 28 heavy (non-hydrogen) atoms. The number of carbonyl (C=O) groups is 1. The van der Waals surface area contributed by atoms with Crippen molar-refractivity contribution in [2.24, 2.45) is 0 Å². The minimum atomic E-state index is -4.51. The Kier molecular flexibility index (Phi) is 5.53. The monoisotopic (exact) mass is 392 g/mol. The number of amides is 1. The third-order valence-corrected chi connectivity index (χ3v) is 4.13. The third-order valence-electron chi connectivity index (χ3n) is 4.13. The number of halogens is 3. The molecule has 0 aliphatic rings. The molecule has 0 saturated carbocycles. The van der Waals surface area contributed by atoms with Gasteiger partial charge in [-0.05, 0) is 25.5 Å². The highest BCUT2D eigenvalue weighted by atomic mass is 19.4. The van der Waals surface area contributed by atoms with Crippen LogP contribution in [0.1, 0.15) is 31.0 Å². The fraction of sp³-hybridized carbons (Fsp3) is 0.316. The molecule has 0 unspecified atom stereocenters. The van der Waals surface area contributed by atoms with Gasteiger partial charge in [0.2, 0.25) is 0 Å². The lowest BCUT2D eigenvalue weighted by Gasteiger charge is -2.12. The third kappa shape index (κ3) is 4.08. The molecule has 0 atom stereocenters. The zero-order chi connectivity index (χ0) is 20.3. The predicted molar refractivity (Wildman–Crippen MR) is 98.0 cm³/mol. The van der Waals surface area contributed by atoms with Gasteiger partial charge in [0.15, 0.2) is 5.65 Å². The molecule has 148 valence electrons. The zero-order valence-electron chi connectivity index (χ0n) is 15.4.